The van der Waals surface area contributed by atoms with Gasteiger partial charge in [0.1, 0.15) is 0 Å². The zero-order valence-corrected chi connectivity index (χ0v) is 31.6. The van der Waals surface area contributed by atoms with Crippen LogP contribution in [0.2, 0.25) is 0 Å². The van der Waals surface area contributed by atoms with E-state index >= 15 is 0 Å². The summed E-state index contributed by atoms with van der Waals surface area (Å²) in [5.41, 5.74) is 0.691. The summed E-state index contributed by atoms with van der Waals surface area (Å²) in [6, 6.07) is 6.75. The third-order valence-corrected chi connectivity index (χ3v) is 9.24. The number of carbonyl (C=O) groups is 1. The molecule has 2 atom stereocenters. The van der Waals surface area contributed by atoms with Crippen LogP contribution in [-0.4, -0.2) is 48.3 Å². The van der Waals surface area contributed by atoms with Gasteiger partial charge >= 0.3 is 20.8 Å². The first kappa shape index (κ1) is 44.0. The molecule has 0 aromatic heterocycles. The van der Waals surface area contributed by atoms with E-state index in [9.17, 15) is 4.79 Å². The van der Waals surface area contributed by atoms with E-state index in [1.807, 2.05) is 34.6 Å². The molecule has 260 valence electrons. The number of hydrogen-bond donors (Lipinski definition) is 1. The van der Waals surface area contributed by atoms with Crippen molar-refractivity contribution in [3.63, 3.8) is 0 Å². The van der Waals surface area contributed by atoms with Gasteiger partial charge in [0, 0.05) is 5.92 Å². The van der Waals surface area contributed by atoms with Crippen LogP contribution in [0.1, 0.15) is 150 Å². The second-order valence-corrected chi connectivity index (χ2v) is 14.6. The summed E-state index contributed by atoms with van der Waals surface area (Å²) in [7, 11) is 0.239. The van der Waals surface area contributed by atoms with Crippen molar-refractivity contribution in [2.45, 2.75) is 164 Å². The molecule has 2 saturated heterocycles. The summed E-state index contributed by atoms with van der Waals surface area (Å²) >= 11 is 0. The summed E-state index contributed by atoms with van der Waals surface area (Å²) in [6.07, 6.45) is 17.7. The zero-order valence-electron chi connectivity index (χ0n) is 31.6. The Bertz CT molecular complexity index is 1030. The van der Waals surface area contributed by atoms with Crippen LogP contribution in [-0.2, 0) is 18.6 Å². The average molecular weight is 641 g/mol. The van der Waals surface area contributed by atoms with Gasteiger partial charge in [-0.2, -0.15) is 0 Å². The highest BCUT2D eigenvalue weighted by Crippen LogP contribution is 2.37. The Balaban J connectivity index is 0.000000621. The minimum absolute atomic E-state index is 0.132. The minimum atomic E-state index is -0.875. The van der Waals surface area contributed by atoms with Crippen LogP contribution in [0, 0.1) is 31.1 Å². The molecule has 3 rings (SSSR count). The van der Waals surface area contributed by atoms with E-state index in [1.165, 1.54) is 51.4 Å². The smallest absolute Gasteiger partial charge is 0.478 e. The number of hydrogen-bond acceptors (Lipinski definition) is 5. The van der Waals surface area contributed by atoms with Crippen molar-refractivity contribution in [3.8, 4) is 12.3 Å². The molecule has 0 radical (unpaired) electrons. The number of unbranched alkanes of at least 4 members (excludes halogenated alkanes) is 4. The molecule has 8 heteroatoms. The van der Waals surface area contributed by atoms with Gasteiger partial charge in [0.25, 0.3) is 0 Å². The molecule has 1 aromatic carbocycles. The van der Waals surface area contributed by atoms with Gasteiger partial charge in [-0.1, -0.05) is 96.0 Å². The Morgan fingerprint density at radius 1 is 0.848 bits per heavy atom. The van der Waals surface area contributed by atoms with Crippen LogP contribution in [0.25, 0.3) is 0 Å². The predicted octanol–water partition coefficient (Wildman–Crippen LogP) is 9.78. The molecule has 2 aliphatic rings. The first-order chi connectivity index (χ1) is 21.2. The van der Waals surface area contributed by atoms with E-state index in [-0.39, 0.29) is 29.5 Å². The quantitative estimate of drug-likeness (QED) is 0.148. The predicted molar refractivity (Wildman–Crippen MR) is 196 cm³/mol. The van der Waals surface area contributed by atoms with Gasteiger partial charge in [0.15, 0.2) is 0 Å². The molecular formula is C38H66B2O6. The second kappa shape index (κ2) is 21.0. The molecule has 1 N–H and O–H groups in total. The maximum atomic E-state index is 10.3. The molecule has 0 spiro atoms. The Hall–Kier alpha value is -2.04. The maximum Gasteiger partial charge on any atom is 0.486 e. The van der Waals surface area contributed by atoms with E-state index in [0.29, 0.717) is 25.1 Å². The van der Waals surface area contributed by atoms with Crippen molar-refractivity contribution in [3.05, 3.63) is 47.4 Å². The number of aryl methyl sites for hydroxylation is 1. The fourth-order valence-corrected chi connectivity index (χ4v) is 4.21. The number of carboxylic acid groups (broad SMARTS) is 1. The molecule has 0 saturated carbocycles. The molecular weight excluding hydrogens is 574 g/mol. The lowest BCUT2D eigenvalue weighted by Crippen LogP contribution is -2.41. The minimum Gasteiger partial charge on any atom is -0.478 e. The van der Waals surface area contributed by atoms with Gasteiger partial charge in [0.05, 0.1) is 28.0 Å². The molecule has 2 fully saturated rings. The third-order valence-electron chi connectivity index (χ3n) is 9.24. The number of rotatable bonds is 11. The van der Waals surface area contributed by atoms with Gasteiger partial charge in [-0.05, 0) is 93.2 Å². The van der Waals surface area contributed by atoms with Crippen LogP contribution < -0.4 is 0 Å². The largest absolute Gasteiger partial charge is 0.486 e. The lowest BCUT2D eigenvalue weighted by molar-refractivity contribution is 0.00578. The zero-order chi connectivity index (χ0) is 35.6. The maximum absolute atomic E-state index is 10.3. The number of aromatic carboxylic acids is 1. The van der Waals surface area contributed by atoms with Gasteiger partial charge < -0.3 is 23.7 Å². The van der Waals surface area contributed by atoms with Gasteiger partial charge in [-0.25, -0.2) is 4.79 Å². The van der Waals surface area contributed by atoms with Gasteiger partial charge in [-0.15, -0.1) is 12.3 Å². The molecule has 46 heavy (non-hydrogen) atoms. The van der Waals surface area contributed by atoms with Crippen molar-refractivity contribution in [2.75, 3.05) is 0 Å². The highest BCUT2D eigenvalue weighted by molar-refractivity contribution is 6.51. The first-order valence-electron chi connectivity index (χ1n) is 17.3. The highest BCUT2D eigenvalue weighted by Gasteiger charge is 2.50. The van der Waals surface area contributed by atoms with E-state index in [2.05, 4.69) is 73.4 Å². The molecule has 2 unspecified atom stereocenters. The molecule has 2 aliphatic heterocycles. The number of allylic oxidation sites excluding steroid dienone is 1. The second-order valence-electron chi connectivity index (χ2n) is 14.6. The SMILES string of the molecule is C#CC(C)CCCCC.CC1(C)OBOC1(C)C.CCCCCC(C)/C=C/B1OC(C)(C)C(C)(C)O1.Cc1ccc(C(=O)O)cc1. The summed E-state index contributed by atoms with van der Waals surface area (Å²) in [5.74, 6) is 5.02. The summed E-state index contributed by atoms with van der Waals surface area (Å²) in [4.78, 5) is 10.3. The molecule has 1 aromatic rings. The Kier molecular flexibility index (Phi) is 20.1. The highest BCUT2D eigenvalue weighted by atomic mass is 16.7. The average Bonchev–Trinajstić information content (AvgIpc) is 3.34. The topological polar surface area (TPSA) is 74.2 Å². The van der Waals surface area contributed by atoms with E-state index in [1.54, 1.807) is 24.3 Å². The van der Waals surface area contributed by atoms with E-state index in [4.69, 9.17) is 30.1 Å². The van der Waals surface area contributed by atoms with Crippen LogP contribution >= 0.6 is 0 Å². The number of terminal acetylenes is 1. The fourth-order valence-electron chi connectivity index (χ4n) is 4.21. The van der Waals surface area contributed by atoms with Gasteiger partial charge in [-0.3, -0.25) is 0 Å². The fraction of sp³-hybridized carbons (Fsp3) is 0.711. The standard InChI is InChI=1S/C15H29BO2.C9H16.C8H8O2.C6H13BO2/c1-7-8-9-10-13(2)11-12-16-17-14(3,4)15(5,6)18-16;1-4-6-7-8-9(3)5-2;1-6-2-4-7(5-3-6)8(9)10;1-5(2)6(3,4)9-7-8-5/h11-13H,7-10H2,1-6H3;2,9H,4,6-8H2,1,3H3;2-5H,1H3,(H,9,10);7H,1-4H3/b12-11+;;;. The Morgan fingerprint density at radius 2 is 1.30 bits per heavy atom. The lowest BCUT2D eigenvalue weighted by Gasteiger charge is -2.32. The number of carboxylic acids is 1. The third kappa shape index (κ3) is 16.7. The van der Waals surface area contributed by atoms with E-state index < -0.39 is 5.97 Å². The Morgan fingerprint density at radius 3 is 1.67 bits per heavy atom. The molecule has 6 nitrogen and oxygen atoms in total. The monoisotopic (exact) mass is 641 g/mol. The summed E-state index contributed by atoms with van der Waals surface area (Å²) in [6.45, 7) is 27.3. The molecule has 0 bridgehead atoms. The van der Waals surface area contributed by atoms with Crippen molar-refractivity contribution < 1.29 is 28.5 Å². The van der Waals surface area contributed by atoms with Crippen molar-refractivity contribution >= 4 is 20.8 Å². The molecule has 2 heterocycles. The van der Waals surface area contributed by atoms with Gasteiger partial charge in [0.2, 0.25) is 0 Å². The van der Waals surface area contributed by atoms with Crippen molar-refractivity contribution in [1.82, 2.24) is 0 Å². The van der Waals surface area contributed by atoms with E-state index in [0.717, 1.165) is 5.56 Å². The summed E-state index contributed by atoms with van der Waals surface area (Å²) in [5, 5.41) is 8.48. The van der Waals surface area contributed by atoms with Crippen LogP contribution in [0.4, 0.5) is 0 Å². The lowest BCUT2D eigenvalue weighted by atomic mass is 9.87. The van der Waals surface area contributed by atoms with Crippen LogP contribution in [0.15, 0.2) is 36.3 Å². The van der Waals surface area contributed by atoms with Crippen LogP contribution in [0.5, 0.6) is 0 Å². The van der Waals surface area contributed by atoms with Crippen molar-refractivity contribution in [2.24, 2.45) is 11.8 Å². The number of benzene rings is 1. The van der Waals surface area contributed by atoms with Crippen LogP contribution in [0.3, 0.4) is 0 Å². The Labute approximate surface area is 284 Å². The molecule has 0 aliphatic carbocycles. The molecule has 0 amide bonds. The normalized spacial score (nSPS) is 19.6. The first-order valence-corrected chi connectivity index (χ1v) is 17.3. The summed E-state index contributed by atoms with van der Waals surface area (Å²) < 4.78 is 22.5. The van der Waals surface area contributed by atoms with Crippen molar-refractivity contribution in [1.29, 1.82) is 0 Å².